The standard InChI is InChI=1S/C29H45N3O2/c1-3-4-5-6-7-8-9-10-11-12-13-14-15-16-17-18-19-22-28(33)31-24-25-32-29(34)27-21-20-23-30-26(27)2/h7-8,10-11,16-17,20-21,23H,3-6,9,12-15,18-19,22,24-25H2,1-2H3,(H,31,33)(H,32,34)/b8-7-,11-10-,17-16-. The third kappa shape index (κ3) is 16.0. The smallest absolute Gasteiger partial charge is 0.253 e. The van der Waals surface area contributed by atoms with Gasteiger partial charge in [-0.2, -0.15) is 0 Å². The van der Waals surface area contributed by atoms with Crippen LogP contribution >= 0.6 is 0 Å². The van der Waals surface area contributed by atoms with Crippen molar-refractivity contribution in [3.63, 3.8) is 0 Å². The van der Waals surface area contributed by atoms with E-state index in [0.717, 1.165) is 32.1 Å². The van der Waals surface area contributed by atoms with Crippen LogP contribution in [0.5, 0.6) is 0 Å². The summed E-state index contributed by atoms with van der Waals surface area (Å²) in [7, 11) is 0. The van der Waals surface area contributed by atoms with E-state index in [4.69, 9.17) is 0 Å². The Morgan fingerprint density at radius 3 is 2.06 bits per heavy atom. The molecule has 5 nitrogen and oxygen atoms in total. The zero-order chi connectivity index (χ0) is 24.7. The van der Waals surface area contributed by atoms with Gasteiger partial charge in [0.05, 0.1) is 5.56 Å². The molecular formula is C29H45N3O2. The Labute approximate surface area is 207 Å². The first-order valence-electron chi connectivity index (χ1n) is 13.1. The van der Waals surface area contributed by atoms with E-state index in [1.165, 1.54) is 38.5 Å². The largest absolute Gasteiger partial charge is 0.354 e. The van der Waals surface area contributed by atoms with Gasteiger partial charge in [0.1, 0.15) is 0 Å². The Kier molecular flexibility index (Phi) is 18.0. The molecule has 0 bridgehead atoms. The minimum Gasteiger partial charge on any atom is -0.354 e. The number of nitrogens with zero attached hydrogens (tertiary/aromatic N) is 1. The zero-order valence-electron chi connectivity index (χ0n) is 21.4. The first-order valence-corrected chi connectivity index (χ1v) is 13.1. The third-order valence-electron chi connectivity index (χ3n) is 5.50. The fourth-order valence-electron chi connectivity index (χ4n) is 3.45. The predicted molar refractivity (Wildman–Crippen MR) is 143 cm³/mol. The van der Waals surface area contributed by atoms with Gasteiger partial charge in [-0.25, -0.2) is 0 Å². The van der Waals surface area contributed by atoms with E-state index < -0.39 is 0 Å². The number of amides is 2. The number of unbranched alkanes of at least 4 members (excludes halogenated alkanes) is 7. The molecule has 0 fully saturated rings. The van der Waals surface area contributed by atoms with Crippen molar-refractivity contribution in [2.45, 2.75) is 90.9 Å². The number of hydrogen-bond acceptors (Lipinski definition) is 3. The monoisotopic (exact) mass is 467 g/mol. The summed E-state index contributed by atoms with van der Waals surface area (Å²) in [4.78, 5) is 28.1. The Morgan fingerprint density at radius 1 is 0.824 bits per heavy atom. The van der Waals surface area contributed by atoms with Crippen LogP contribution in [0.15, 0.2) is 54.8 Å². The number of allylic oxidation sites excluding steroid dienone is 6. The Morgan fingerprint density at radius 2 is 1.41 bits per heavy atom. The Hall–Kier alpha value is -2.69. The summed E-state index contributed by atoms with van der Waals surface area (Å²) >= 11 is 0. The van der Waals surface area contributed by atoms with Crippen LogP contribution in [0.1, 0.15) is 100 Å². The summed E-state index contributed by atoms with van der Waals surface area (Å²) in [5.41, 5.74) is 1.27. The van der Waals surface area contributed by atoms with E-state index in [1.54, 1.807) is 25.3 Å². The van der Waals surface area contributed by atoms with Crippen LogP contribution in [-0.4, -0.2) is 29.9 Å². The summed E-state index contributed by atoms with van der Waals surface area (Å²) in [6.07, 6.45) is 28.4. The number of hydrogen-bond donors (Lipinski definition) is 2. The van der Waals surface area contributed by atoms with Crippen LogP contribution in [0, 0.1) is 6.92 Å². The van der Waals surface area contributed by atoms with Gasteiger partial charge >= 0.3 is 0 Å². The molecule has 0 spiro atoms. The van der Waals surface area contributed by atoms with Crippen molar-refractivity contribution < 1.29 is 9.59 Å². The number of pyridine rings is 1. The molecule has 0 saturated carbocycles. The van der Waals surface area contributed by atoms with Gasteiger partial charge in [0.2, 0.25) is 5.91 Å². The lowest BCUT2D eigenvalue weighted by Crippen LogP contribution is -2.34. The quantitative estimate of drug-likeness (QED) is 0.178. The summed E-state index contributed by atoms with van der Waals surface area (Å²) in [6, 6.07) is 3.49. The van der Waals surface area contributed by atoms with E-state index in [1.807, 2.05) is 0 Å². The number of carbonyl (C=O) groups is 2. The number of nitrogens with one attached hydrogen (secondary N) is 2. The van der Waals surface area contributed by atoms with E-state index >= 15 is 0 Å². The fraction of sp³-hybridized carbons (Fsp3) is 0.552. The molecule has 2 N–H and O–H groups in total. The number of carbonyl (C=O) groups excluding carboxylic acids is 2. The second kappa shape index (κ2) is 20.9. The van der Waals surface area contributed by atoms with Crippen molar-refractivity contribution in [1.82, 2.24) is 15.6 Å². The number of aryl methyl sites for hydroxylation is 1. The molecule has 34 heavy (non-hydrogen) atoms. The highest BCUT2D eigenvalue weighted by Gasteiger charge is 2.08. The summed E-state index contributed by atoms with van der Waals surface area (Å²) in [5, 5.41) is 5.66. The zero-order valence-corrected chi connectivity index (χ0v) is 21.4. The van der Waals surface area contributed by atoms with Gasteiger partial charge in [-0.3, -0.25) is 14.6 Å². The van der Waals surface area contributed by atoms with Crippen molar-refractivity contribution in [2.75, 3.05) is 13.1 Å². The van der Waals surface area contributed by atoms with Crippen molar-refractivity contribution >= 4 is 11.8 Å². The molecule has 1 heterocycles. The topological polar surface area (TPSA) is 71.1 Å². The molecule has 0 radical (unpaired) electrons. The molecule has 0 aliphatic heterocycles. The van der Waals surface area contributed by atoms with Crippen LogP contribution in [0.2, 0.25) is 0 Å². The van der Waals surface area contributed by atoms with Gasteiger partial charge < -0.3 is 10.6 Å². The normalized spacial score (nSPS) is 11.6. The number of aromatic nitrogens is 1. The molecule has 0 aromatic carbocycles. The van der Waals surface area contributed by atoms with Gasteiger partial charge in [-0.1, -0.05) is 56.2 Å². The van der Waals surface area contributed by atoms with Crippen molar-refractivity contribution in [3.8, 4) is 0 Å². The Balaban J connectivity index is 1.92. The minimum atomic E-state index is -0.161. The van der Waals surface area contributed by atoms with Gasteiger partial charge in [0.25, 0.3) is 5.91 Å². The van der Waals surface area contributed by atoms with E-state index in [0.29, 0.717) is 30.8 Å². The lowest BCUT2D eigenvalue weighted by molar-refractivity contribution is -0.121. The molecule has 1 aromatic rings. The van der Waals surface area contributed by atoms with Crippen molar-refractivity contribution in [1.29, 1.82) is 0 Å². The maximum Gasteiger partial charge on any atom is 0.253 e. The number of rotatable bonds is 19. The first kappa shape index (κ1) is 29.3. The molecule has 0 aliphatic rings. The minimum absolute atomic E-state index is 0.0304. The molecule has 2 amide bonds. The maximum atomic E-state index is 12.1. The van der Waals surface area contributed by atoms with Crippen molar-refractivity contribution in [2.24, 2.45) is 0 Å². The van der Waals surface area contributed by atoms with Gasteiger partial charge in [-0.15, -0.1) is 0 Å². The van der Waals surface area contributed by atoms with Crippen LogP contribution in [0.25, 0.3) is 0 Å². The lowest BCUT2D eigenvalue weighted by atomic mass is 10.1. The molecule has 0 unspecified atom stereocenters. The van der Waals surface area contributed by atoms with Gasteiger partial charge in [0.15, 0.2) is 0 Å². The van der Waals surface area contributed by atoms with Gasteiger partial charge in [0, 0.05) is 31.4 Å². The molecule has 188 valence electrons. The van der Waals surface area contributed by atoms with Crippen LogP contribution in [0.4, 0.5) is 0 Å². The molecule has 5 heteroatoms. The molecule has 0 aliphatic carbocycles. The molecule has 1 aromatic heterocycles. The van der Waals surface area contributed by atoms with Gasteiger partial charge in [-0.05, 0) is 76.8 Å². The van der Waals surface area contributed by atoms with Crippen LogP contribution in [0.3, 0.4) is 0 Å². The highest BCUT2D eigenvalue weighted by atomic mass is 16.2. The predicted octanol–water partition coefficient (Wildman–Crippen LogP) is 6.61. The SMILES string of the molecule is CCCCC/C=C\C/C=C\CCCC/C=C\CCCC(=O)NCCNC(=O)c1cccnc1C. The second-order valence-electron chi connectivity index (χ2n) is 8.56. The average Bonchev–Trinajstić information content (AvgIpc) is 2.84. The van der Waals surface area contributed by atoms with Crippen LogP contribution in [-0.2, 0) is 4.79 Å². The van der Waals surface area contributed by atoms with E-state index in [9.17, 15) is 9.59 Å². The molecule has 0 atom stereocenters. The highest BCUT2D eigenvalue weighted by molar-refractivity contribution is 5.95. The fourth-order valence-corrected chi connectivity index (χ4v) is 3.45. The summed E-state index contributed by atoms with van der Waals surface area (Å²) < 4.78 is 0. The van der Waals surface area contributed by atoms with E-state index in [-0.39, 0.29) is 11.8 Å². The first-order chi connectivity index (χ1) is 16.6. The molecule has 1 rings (SSSR count). The molecular weight excluding hydrogens is 422 g/mol. The maximum absolute atomic E-state index is 12.1. The lowest BCUT2D eigenvalue weighted by Gasteiger charge is -2.08. The summed E-state index contributed by atoms with van der Waals surface area (Å²) in [6.45, 7) is 4.88. The second-order valence-corrected chi connectivity index (χ2v) is 8.56. The Bertz CT molecular complexity index is 768. The summed E-state index contributed by atoms with van der Waals surface area (Å²) in [5.74, 6) is -0.130. The molecule has 0 saturated heterocycles. The van der Waals surface area contributed by atoms with E-state index in [2.05, 4.69) is 59.0 Å². The van der Waals surface area contributed by atoms with Crippen molar-refractivity contribution in [3.05, 3.63) is 66.0 Å². The third-order valence-corrected chi connectivity index (χ3v) is 5.50. The average molecular weight is 468 g/mol. The van der Waals surface area contributed by atoms with Crippen LogP contribution < -0.4 is 10.6 Å². The highest BCUT2D eigenvalue weighted by Crippen LogP contribution is 2.05.